The van der Waals surface area contributed by atoms with E-state index in [0.717, 1.165) is 0 Å². The lowest BCUT2D eigenvalue weighted by Gasteiger charge is -2.06. The summed E-state index contributed by atoms with van der Waals surface area (Å²) in [6.07, 6.45) is 0. The highest BCUT2D eigenvalue weighted by Gasteiger charge is 2.33. The van der Waals surface area contributed by atoms with Gasteiger partial charge in [0.05, 0.1) is 16.2 Å². The van der Waals surface area contributed by atoms with Crippen molar-refractivity contribution in [1.82, 2.24) is 0 Å². The lowest BCUT2D eigenvalue weighted by Crippen LogP contribution is -2.09. The summed E-state index contributed by atoms with van der Waals surface area (Å²) in [6.45, 7) is 0. The molecule has 0 saturated carbocycles. The van der Waals surface area contributed by atoms with Gasteiger partial charge in [0.15, 0.2) is 0 Å². The van der Waals surface area contributed by atoms with Gasteiger partial charge in [0, 0.05) is 11.1 Å². The molecule has 0 unspecified atom stereocenters. The first-order valence-corrected chi connectivity index (χ1v) is 7.22. The van der Waals surface area contributed by atoms with Crippen LogP contribution >= 0.6 is 0 Å². The van der Waals surface area contributed by atoms with Gasteiger partial charge in [-0.15, -0.1) is 0 Å². The molecule has 0 amide bonds. The van der Waals surface area contributed by atoms with Gasteiger partial charge in [-0.1, -0.05) is 36.4 Å². The molecule has 0 radical (unpaired) electrons. The van der Waals surface area contributed by atoms with Crippen LogP contribution in [0.25, 0.3) is 0 Å². The predicted molar refractivity (Wildman–Crippen MR) is 72.7 cm³/mol. The summed E-state index contributed by atoms with van der Waals surface area (Å²) in [6, 6.07) is 12.8. The van der Waals surface area contributed by atoms with Crippen LogP contribution in [0.1, 0.15) is 21.5 Å². The molecule has 0 fully saturated rings. The summed E-state index contributed by atoms with van der Waals surface area (Å²) in [5.41, 5.74) is 0.847. The molecule has 5 nitrogen and oxygen atoms in total. The summed E-state index contributed by atoms with van der Waals surface area (Å²) in [4.78, 5) is 11.2. The second-order valence-corrected chi connectivity index (χ2v) is 5.84. The van der Waals surface area contributed by atoms with Gasteiger partial charge in [0.25, 0.3) is 10.0 Å². The summed E-state index contributed by atoms with van der Waals surface area (Å²) in [5.74, 6) is -1.18. The number of hydrogen-bond donors (Lipinski definition) is 1. The van der Waals surface area contributed by atoms with Crippen molar-refractivity contribution in [2.75, 3.05) is 0 Å². The number of aromatic carboxylic acids is 1. The standard InChI is InChI=1S/C14H9NO4S/c16-14(17)10-7-4-8-11-12(10)13(15-20(11,18)19)9-5-2-1-3-6-9/h1-8H,(H,16,17). The topological polar surface area (TPSA) is 83.8 Å². The minimum absolute atomic E-state index is 0.0590. The quantitative estimate of drug-likeness (QED) is 0.914. The maximum atomic E-state index is 12.0. The number of benzene rings is 2. The zero-order valence-electron chi connectivity index (χ0n) is 10.1. The maximum Gasteiger partial charge on any atom is 0.336 e. The monoisotopic (exact) mass is 287 g/mol. The van der Waals surface area contributed by atoms with Crippen molar-refractivity contribution in [1.29, 1.82) is 0 Å². The van der Waals surface area contributed by atoms with E-state index in [-0.39, 0.29) is 21.7 Å². The molecule has 1 aliphatic rings. The van der Waals surface area contributed by atoms with E-state index in [9.17, 15) is 18.3 Å². The van der Waals surface area contributed by atoms with Crippen molar-refractivity contribution in [2.24, 2.45) is 4.40 Å². The van der Waals surface area contributed by atoms with Gasteiger partial charge in [-0.3, -0.25) is 0 Å². The molecule has 100 valence electrons. The molecule has 2 aromatic carbocycles. The van der Waals surface area contributed by atoms with Gasteiger partial charge in [0.1, 0.15) is 0 Å². The van der Waals surface area contributed by atoms with Crippen molar-refractivity contribution in [3.05, 3.63) is 65.2 Å². The number of rotatable bonds is 2. The molecule has 2 aromatic rings. The van der Waals surface area contributed by atoms with E-state index in [1.165, 1.54) is 18.2 Å². The summed E-state index contributed by atoms with van der Waals surface area (Å²) >= 11 is 0. The zero-order chi connectivity index (χ0) is 14.3. The van der Waals surface area contributed by atoms with Crippen molar-refractivity contribution in [2.45, 2.75) is 4.90 Å². The zero-order valence-corrected chi connectivity index (χ0v) is 11.0. The third-order valence-electron chi connectivity index (χ3n) is 3.03. The number of carbonyl (C=O) groups is 1. The fraction of sp³-hybridized carbons (Fsp3) is 0. The van der Waals surface area contributed by atoms with Crippen LogP contribution in [0, 0.1) is 0 Å². The first kappa shape index (κ1) is 12.6. The van der Waals surface area contributed by atoms with Crippen LogP contribution in [0.5, 0.6) is 0 Å². The molecule has 0 aliphatic carbocycles. The Kier molecular flexibility index (Phi) is 2.69. The van der Waals surface area contributed by atoms with Gasteiger partial charge in [0.2, 0.25) is 0 Å². The predicted octanol–water partition coefficient (Wildman–Crippen LogP) is 1.92. The van der Waals surface area contributed by atoms with Gasteiger partial charge >= 0.3 is 5.97 Å². The fourth-order valence-corrected chi connectivity index (χ4v) is 3.43. The molecular weight excluding hydrogens is 278 g/mol. The van der Waals surface area contributed by atoms with Crippen molar-refractivity contribution < 1.29 is 18.3 Å². The molecule has 0 atom stereocenters. The number of fused-ring (bicyclic) bond motifs is 1. The first-order chi connectivity index (χ1) is 9.50. The van der Waals surface area contributed by atoms with E-state index >= 15 is 0 Å². The SMILES string of the molecule is O=C(O)c1cccc2c1C(c1ccccc1)=NS2(=O)=O. The van der Waals surface area contributed by atoms with Crippen molar-refractivity contribution in [3.63, 3.8) is 0 Å². The number of hydrogen-bond acceptors (Lipinski definition) is 3. The van der Waals surface area contributed by atoms with Crippen LogP contribution in [-0.2, 0) is 10.0 Å². The largest absolute Gasteiger partial charge is 0.478 e. The molecule has 3 rings (SSSR count). The van der Waals surface area contributed by atoms with Crippen LogP contribution in [0.4, 0.5) is 0 Å². The molecule has 1 N–H and O–H groups in total. The third-order valence-corrected chi connectivity index (χ3v) is 4.35. The van der Waals surface area contributed by atoms with Crippen molar-refractivity contribution in [3.8, 4) is 0 Å². The van der Waals surface area contributed by atoms with Crippen LogP contribution in [0.15, 0.2) is 57.8 Å². The van der Waals surface area contributed by atoms with Gasteiger partial charge in [-0.2, -0.15) is 12.8 Å². The summed E-state index contributed by atoms with van der Waals surface area (Å²) in [5, 5.41) is 9.23. The Morgan fingerprint density at radius 3 is 2.35 bits per heavy atom. The molecule has 0 saturated heterocycles. The van der Waals surface area contributed by atoms with Crippen LogP contribution in [0.3, 0.4) is 0 Å². The molecule has 1 heterocycles. The Hall–Kier alpha value is -2.47. The van der Waals surface area contributed by atoms with E-state index in [1.54, 1.807) is 30.3 Å². The third kappa shape index (κ3) is 1.81. The highest BCUT2D eigenvalue weighted by atomic mass is 32.2. The molecule has 1 aliphatic heterocycles. The van der Waals surface area contributed by atoms with Crippen LogP contribution < -0.4 is 0 Å². The smallest absolute Gasteiger partial charge is 0.336 e. The Balaban J connectivity index is 2.36. The normalized spacial score (nSPS) is 15.5. The fourth-order valence-electron chi connectivity index (χ4n) is 2.18. The van der Waals surface area contributed by atoms with E-state index < -0.39 is 16.0 Å². The Morgan fingerprint density at radius 2 is 1.70 bits per heavy atom. The van der Waals surface area contributed by atoms with E-state index in [4.69, 9.17) is 0 Å². The van der Waals surface area contributed by atoms with Gasteiger partial charge < -0.3 is 5.11 Å². The molecule has 6 heteroatoms. The average molecular weight is 287 g/mol. The highest BCUT2D eigenvalue weighted by Crippen LogP contribution is 2.31. The molecule has 0 bridgehead atoms. The van der Waals surface area contributed by atoms with Gasteiger partial charge in [-0.05, 0) is 12.1 Å². The minimum Gasteiger partial charge on any atom is -0.478 e. The average Bonchev–Trinajstić information content (AvgIpc) is 2.72. The maximum absolute atomic E-state index is 12.0. The molecular formula is C14H9NO4S. The molecule has 0 aromatic heterocycles. The summed E-state index contributed by atoms with van der Waals surface area (Å²) < 4.78 is 27.8. The Bertz CT molecular complexity index is 839. The number of sulfonamides is 1. The number of nitrogens with zero attached hydrogens (tertiary/aromatic N) is 1. The Morgan fingerprint density at radius 1 is 1.00 bits per heavy atom. The van der Waals surface area contributed by atoms with E-state index in [1.807, 2.05) is 0 Å². The van der Waals surface area contributed by atoms with Crippen LogP contribution in [-0.4, -0.2) is 25.2 Å². The number of carboxylic acid groups (broad SMARTS) is 1. The molecule has 20 heavy (non-hydrogen) atoms. The summed E-state index contributed by atoms with van der Waals surface area (Å²) in [7, 11) is -3.83. The lowest BCUT2D eigenvalue weighted by molar-refractivity contribution is 0.0696. The minimum atomic E-state index is -3.83. The van der Waals surface area contributed by atoms with Gasteiger partial charge in [-0.25, -0.2) is 4.79 Å². The van der Waals surface area contributed by atoms with Crippen LogP contribution in [0.2, 0.25) is 0 Å². The second kappa shape index (κ2) is 4.28. The van der Waals surface area contributed by atoms with Crippen molar-refractivity contribution >= 4 is 21.7 Å². The van der Waals surface area contributed by atoms with E-state index in [2.05, 4.69) is 4.40 Å². The number of carboxylic acids is 1. The first-order valence-electron chi connectivity index (χ1n) is 5.78. The Labute approximate surface area is 115 Å². The van der Waals surface area contributed by atoms with E-state index in [0.29, 0.717) is 5.56 Å². The lowest BCUT2D eigenvalue weighted by atomic mass is 9.98. The highest BCUT2D eigenvalue weighted by molar-refractivity contribution is 7.90. The molecule has 0 spiro atoms. The second-order valence-electron chi connectivity index (χ2n) is 4.26.